The molecule has 0 spiro atoms. The number of primary amides is 1. The number of benzene rings is 1. The molecule has 0 aliphatic carbocycles. The summed E-state index contributed by atoms with van der Waals surface area (Å²) in [7, 11) is 0. The predicted octanol–water partition coefficient (Wildman–Crippen LogP) is 0.124. The van der Waals surface area contributed by atoms with Crippen LogP contribution in [0.3, 0.4) is 0 Å². The number of nitrogens with one attached hydrogen (secondary N) is 1. The maximum absolute atomic E-state index is 11.8. The minimum Gasteiger partial charge on any atom is -0.368 e. The number of hydrogen-bond donors (Lipinski definition) is 2. The van der Waals surface area contributed by atoms with Crippen molar-refractivity contribution in [3.8, 4) is 0 Å². The van der Waals surface area contributed by atoms with Gasteiger partial charge in [-0.05, 0) is 12.5 Å². The number of hydrazine groups is 1. The number of amides is 2. The van der Waals surface area contributed by atoms with Crippen LogP contribution < -0.4 is 11.2 Å². The second-order valence-corrected chi connectivity index (χ2v) is 4.43. The van der Waals surface area contributed by atoms with Gasteiger partial charge in [-0.2, -0.15) is 0 Å². The number of carbonyl (C=O) groups is 2. The number of nitrogens with two attached hydrogens (primary N) is 1. The molecule has 3 N–H and O–H groups in total. The first-order valence-electron chi connectivity index (χ1n) is 5.43. The average Bonchev–Trinajstić information content (AvgIpc) is 2.56. The van der Waals surface area contributed by atoms with E-state index in [1.165, 1.54) is 5.01 Å². The fourth-order valence-corrected chi connectivity index (χ4v) is 2.05. The zero-order valence-electron chi connectivity index (χ0n) is 9.64. The molecule has 1 aromatic carbocycles. The number of carbonyl (C=O) groups excluding carboxylic acids is 2. The molecule has 2 amide bonds. The molecule has 1 aliphatic heterocycles. The Morgan fingerprint density at radius 3 is 2.71 bits per heavy atom. The third-order valence-corrected chi connectivity index (χ3v) is 2.91. The fraction of sp³-hybridized carbons (Fsp3) is 0.333. The average molecular weight is 233 g/mol. The van der Waals surface area contributed by atoms with Crippen molar-refractivity contribution in [3.63, 3.8) is 0 Å². The van der Waals surface area contributed by atoms with Crippen molar-refractivity contribution in [2.75, 3.05) is 6.54 Å². The van der Waals surface area contributed by atoms with Gasteiger partial charge in [0.05, 0.1) is 12.0 Å². The van der Waals surface area contributed by atoms with Crippen molar-refractivity contribution in [2.45, 2.75) is 18.9 Å². The molecule has 1 atom stereocenters. The van der Waals surface area contributed by atoms with Crippen molar-refractivity contribution < 1.29 is 9.59 Å². The topological polar surface area (TPSA) is 75.4 Å². The van der Waals surface area contributed by atoms with Crippen LogP contribution in [0.25, 0.3) is 0 Å². The van der Waals surface area contributed by atoms with Gasteiger partial charge in [-0.3, -0.25) is 14.6 Å². The van der Waals surface area contributed by atoms with Crippen LogP contribution in [0, 0.1) is 0 Å². The normalized spacial score (nSPS) is 24.1. The van der Waals surface area contributed by atoms with Gasteiger partial charge < -0.3 is 5.73 Å². The van der Waals surface area contributed by atoms with E-state index in [2.05, 4.69) is 5.43 Å². The summed E-state index contributed by atoms with van der Waals surface area (Å²) in [6.07, 6.45) is 0.324. The molecule has 2 rings (SSSR count). The van der Waals surface area contributed by atoms with Gasteiger partial charge in [0, 0.05) is 0 Å². The van der Waals surface area contributed by atoms with Gasteiger partial charge in [-0.25, -0.2) is 5.43 Å². The van der Waals surface area contributed by atoms with Crippen LogP contribution >= 0.6 is 0 Å². The lowest BCUT2D eigenvalue weighted by molar-refractivity contribution is -0.134. The molecule has 17 heavy (non-hydrogen) atoms. The lowest BCUT2D eigenvalue weighted by Crippen LogP contribution is -2.46. The molecule has 90 valence electrons. The Kier molecular flexibility index (Phi) is 2.85. The molecule has 1 fully saturated rings. The van der Waals surface area contributed by atoms with E-state index in [0.29, 0.717) is 6.42 Å². The highest BCUT2D eigenvalue weighted by molar-refractivity contribution is 5.85. The molecule has 0 saturated carbocycles. The Labute approximate surface area is 99.6 Å². The van der Waals surface area contributed by atoms with Crippen molar-refractivity contribution in [3.05, 3.63) is 35.9 Å². The van der Waals surface area contributed by atoms with E-state index >= 15 is 0 Å². The highest BCUT2D eigenvalue weighted by atomic mass is 16.2. The summed E-state index contributed by atoms with van der Waals surface area (Å²) >= 11 is 0. The van der Waals surface area contributed by atoms with Crippen LogP contribution in [0.2, 0.25) is 0 Å². The van der Waals surface area contributed by atoms with Crippen LogP contribution in [0.15, 0.2) is 30.3 Å². The van der Waals surface area contributed by atoms with Crippen LogP contribution in [0.4, 0.5) is 0 Å². The van der Waals surface area contributed by atoms with Gasteiger partial charge >= 0.3 is 0 Å². The second-order valence-electron chi connectivity index (χ2n) is 4.43. The minimum absolute atomic E-state index is 0.0960. The molecule has 0 bridgehead atoms. The first-order valence-corrected chi connectivity index (χ1v) is 5.43. The smallest absolute Gasteiger partial charge is 0.239 e. The summed E-state index contributed by atoms with van der Waals surface area (Å²) in [4.78, 5) is 22.6. The van der Waals surface area contributed by atoms with E-state index in [1.807, 2.05) is 37.3 Å². The molecule has 0 aromatic heterocycles. The van der Waals surface area contributed by atoms with Crippen LogP contribution in [-0.4, -0.2) is 23.4 Å². The zero-order valence-corrected chi connectivity index (χ0v) is 9.64. The lowest BCUT2D eigenvalue weighted by Gasteiger charge is -2.25. The van der Waals surface area contributed by atoms with E-state index in [4.69, 9.17) is 5.73 Å². The molecule has 5 nitrogen and oxygen atoms in total. The molecule has 5 heteroatoms. The van der Waals surface area contributed by atoms with E-state index in [1.54, 1.807) is 0 Å². The Hall–Kier alpha value is -1.88. The summed E-state index contributed by atoms with van der Waals surface area (Å²) in [5, 5.41) is 1.29. The van der Waals surface area contributed by atoms with Gasteiger partial charge in [0.15, 0.2) is 0 Å². The number of rotatable bonds is 3. The van der Waals surface area contributed by atoms with E-state index in [9.17, 15) is 9.59 Å². The largest absolute Gasteiger partial charge is 0.368 e. The van der Waals surface area contributed by atoms with Crippen molar-refractivity contribution >= 4 is 11.8 Å². The third-order valence-electron chi connectivity index (χ3n) is 2.91. The van der Waals surface area contributed by atoms with Crippen LogP contribution in [0.1, 0.15) is 18.9 Å². The molecule has 1 saturated heterocycles. The van der Waals surface area contributed by atoms with Crippen molar-refractivity contribution in [1.82, 2.24) is 10.4 Å². The zero-order chi connectivity index (χ0) is 12.5. The van der Waals surface area contributed by atoms with Gasteiger partial charge in [0.1, 0.15) is 6.54 Å². The predicted molar refractivity (Wildman–Crippen MR) is 62.5 cm³/mol. The monoisotopic (exact) mass is 233 g/mol. The molecule has 1 unspecified atom stereocenters. The van der Waals surface area contributed by atoms with Gasteiger partial charge in [-0.15, -0.1) is 0 Å². The van der Waals surface area contributed by atoms with E-state index in [0.717, 1.165) is 5.56 Å². The summed E-state index contributed by atoms with van der Waals surface area (Å²) in [5.74, 6) is -0.640. The summed E-state index contributed by atoms with van der Waals surface area (Å²) < 4.78 is 0. The Balaban J connectivity index is 2.20. The summed E-state index contributed by atoms with van der Waals surface area (Å²) in [6, 6.07) is 9.67. The molecule has 0 radical (unpaired) electrons. The number of nitrogens with zero attached hydrogens (tertiary/aromatic N) is 1. The molecule has 1 aromatic rings. The summed E-state index contributed by atoms with van der Waals surface area (Å²) in [6.45, 7) is 1.84. The minimum atomic E-state index is -0.525. The highest BCUT2D eigenvalue weighted by Crippen LogP contribution is 2.30. The van der Waals surface area contributed by atoms with E-state index < -0.39 is 11.4 Å². The van der Waals surface area contributed by atoms with Crippen molar-refractivity contribution in [2.24, 2.45) is 5.73 Å². The van der Waals surface area contributed by atoms with Gasteiger partial charge in [-0.1, -0.05) is 30.3 Å². The maximum atomic E-state index is 11.8. The summed E-state index contributed by atoms with van der Waals surface area (Å²) in [5.41, 5.74) is 8.69. The third kappa shape index (κ3) is 2.29. The first kappa shape index (κ1) is 11.6. The Morgan fingerprint density at radius 1 is 1.47 bits per heavy atom. The second kappa shape index (κ2) is 4.18. The Bertz CT molecular complexity index is 446. The Morgan fingerprint density at radius 2 is 2.12 bits per heavy atom. The van der Waals surface area contributed by atoms with Crippen LogP contribution in [-0.2, 0) is 15.1 Å². The molecular weight excluding hydrogens is 218 g/mol. The molecular formula is C12H15N3O2. The van der Waals surface area contributed by atoms with Crippen LogP contribution in [0.5, 0.6) is 0 Å². The fourth-order valence-electron chi connectivity index (χ4n) is 2.05. The number of hydrogen-bond acceptors (Lipinski definition) is 3. The van der Waals surface area contributed by atoms with Gasteiger partial charge in [0.25, 0.3) is 0 Å². The maximum Gasteiger partial charge on any atom is 0.239 e. The van der Waals surface area contributed by atoms with Crippen molar-refractivity contribution in [1.29, 1.82) is 0 Å². The molecule has 1 aliphatic rings. The quantitative estimate of drug-likeness (QED) is 0.779. The van der Waals surface area contributed by atoms with E-state index in [-0.39, 0.29) is 12.5 Å². The standard InChI is InChI=1S/C12H15N3O2/c1-12(9-5-3-2-4-6-9)7-11(17)15(14-12)8-10(13)16/h2-6,14H,7-8H2,1H3,(H2,13,16). The SMILES string of the molecule is CC1(c2ccccc2)CC(=O)N(CC(N)=O)N1. The van der Waals surface area contributed by atoms with Gasteiger partial charge in [0.2, 0.25) is 11.8 Å². The molecule has 1 heterocycles. The first-order chi connectivity index (χ1) is 8.01. The lowest BCUT2D eigenvalue weighted by atomic mass is 9.90. The highest BCUT2D eigenvalue weighted by Gasteiger charge is 2.40.